The first kappa shape index (κ1) is 8.78. The Labute approximate surface area is 72.5 Å². The summed E-state index contributed by atoms with van der Waals surface area (Å²) in [5.41, 5.74) is 2.96. The Morgan fingerprint density at radius 3 is 2.58 bits per heavy atom. The van der Waals surface area contributed by atoms with Gasteiger partial charge in [-0.2, -0.15) is 0 Å². The molecule has 0 aliphatic rings. The van der Waals surface area contributed by atoms with Crippen molar-refractivity contribution in [3.63, 3.8) is 0 Å². The third kappa shape index (κ3) is 1.64. The minimum atomic E-state index is 0.703. The van der Waals surface area contributed by atoms with Crippen molar-refractivity contribution in [2.24, 2.45) is 0 Å². The average Bonchev–Trinajstić information content (AvgIpc) is 2.32. The van der Waals surface area contributed by atoms with Gasteiger partial charge in [0.25, 0.3) is 0 Å². The van der Waals surface area contributed by atoms with Crippen molar-refractivity contribution in [1.29, 1.82) is 0 Å². The number of hydrogen-bond acceptors (Lipinski definition) is 1. The molecule has 1 rings (SSSR count). The molecule has 0 aliphatic carbocycles. The Bertz CT molecular complexity index is 317. The maximum Gasteiger partial charge on any atom is 0.166 e. The van der Waals surface area contributed by atoms with Crippen LogP contribution < -0.4 is 0 Å². The van der Waals surface area contributed by atoms with Crippen molar-refractivity contribution >= 4 is 12.5 Å². The van der Waals surface area contributed by atoms with E-state index in [0.717, 1.165) is 12.0 Å². The molecule has 0 amide bonds. The van der Waals surface area contributed by atoms with Gasteiger partial charge in [0.1, 0.15) is 0 Å². The summed E-state index contributed by atoms with van der Waals surface area (Å²) in [6.45, 7) is 5.99. The molecule has 0 aliphatic heterocycles. The lowest BCUT2D eigenvalue weighted by atomic mass is 10.4. The van der Waals surface area contributed by atoms with E-state index in [4.69, 9.17) is 0 Å². The largest absolute Gasteiger partial charge is 0.318 e. The van der Waals surface area contributed by atoms with Crippen molar-refractivity contribution < 1.29 is 4.79 Å². The smallest absolute Gasteiger partial charge is 0.166 e. The first-order valence-electron chi connectivity index (χ1n) is 3.93. The minimum Gasteiger partial charge on any atom is -0.318 e. The Morgan fingerprint density at radius 2 is 2.08 bits per heavy atom. The maximum atomic E-state index is 10.6. The highest BCUT2D eigenvalue weighted by Crippen LogP contribution is 2.08. The lowest BCUT2D eigenvalue weighted by Gasteiger charge is -2.01. The number of aryl methyl sites for hydroxylation is 1. The summed E-state index contributed by atoms with van der Waals surface area (Å²) in [7, 11) is 0. The third-order valence-corrected chi connectivity index (χ3v) is 1.66. The van der Waals surface area contributed by atoms with Crippen molar-refractivity contribution in [1.82, 2.24) is 4.57 Å². The average molecular weight is 163 g/mol. The van der Waals surface area contributed by atoms with Gasteiger partial charge in [-0.3, -0.25) is 4.79 Å². The molecule has 0 fully saturated rings. The summed E-state index contributed by atoms with van der Waals surface area (Å²) < 4.78 is 1.89. The molecule has 0 saturated heterocycles. The molecule has 1 aromatic heterocycles. The molecule has 0 bridgehead atoms. The Balaban J connectivity index is 3.19. The number of aromatic nitrogens is 1. The molecule has 2 nitrogen and oxygen atoms in total. The predicted octanol–water partition coefficient (Wildman–Crippen LogP) is 2.49. The molecule has 0 N–H and O–H groups in total. The van der Waals surface area contributed by atoms with Crippen LogP contribution in [0.4, 0.5) is 0 Å². The van der Waals surface area contributed by atoms with Crippen molar-refractivity contribution in [2.75, 3.05) is 0 Å². The molecule has 0 aromatic carbocycles. The molecule has 0 spiro atoms. The van der Waals surface area contributed by atoms with Crippen LogP contribution in [0, 0.1) is 6.92 Å². The van der Waals surface area contributed by atoms with E-state index in [9.17, 15) is 4.79 Å². The summed E-state index contributed by atoms with van der Waals surface area (Å²) in [5.74, 6) is 0. The number of aldehydes is 1. The highest BCUT2D eigenvalue weighted by atomic mass is 16.1. The summed E-state index contributed by atoms with van der Waals surface area (Å²) in [4.78, 5) is 10.6. The fourth-order valence-corrected chi connectivity index (χ4v) is 1.10. The van der Waals surface area contributed by atoms with E-state index >= 15 is 0 Å². The number of nitrogens with zero attached hydrogens (tertiary/aromatic N) is 1. The van der Waals surface area contributed by atoms with Crippen LogP contribution in [0.1, 0.15) is 30.0 Å². The number of hydrogen-bond donors (Lipinski definition) is 0. The molecule has 0 radical (unpaired) electrons. The van der Waals surface area contributed by atoms with Gasteiger partial charge < -0.3 is 4.57 Å². The first-order valence-corrected chi connectivity index (χ1v) is 3.93. The summed E-state index contributed by atoms with van der Waals surface area (Å²) in [6.07, 6.45) is 2.82. The zero-order chi connectivity index (χ0) is 9.14. The topological polar surface area (TPSA) is 22.0 Å². The van der Waals surface area contributed by atoms with Gasteiger partial charge in [-0.15, -0.1) is 0 Å². The number of carbonyl (C=O) groups is 1. The van der Waals surface area contributed by atoms with Crippen LogP contribution in [-0.2, 0) is 0 Å². The van der Waals surface area contributed by atoms with E-state index in [-0.39, 0.29) is 0 Å². The van der Waals surface area contributed by atoms with Crippen molar-refractivity contribution in [3.8, 4) is 0 Å². The second-order valence-electron chi connectivity index (χ2n) is 3.09. The molecule has 2 heteroatoms. The molecule has 0 saturated carbocycles. The van der Waals surface area contributed by atoms with E-state index in [0.29, 0.717) is 5.69 Å². The molecular weight excluding hydrogens is 150 g/mol. The predicted molar refractivity (Wildman–Crippen MR) is 50.2 cm³/mol. The molecule has 12 heavy (non-hydrogen) atoms. The highest BCUT2D eigenvalue weighted by molar-refractivity contribution is 5.74. The van der Waals surface area contributed by atoms with Gasteiger partial charge in [0.05, 0.1) is 5.69 Å². The van der Waals surface area contributed by atoms with Gasteiger partial charge in [-0.25, -0.2) is 0 Å². The third-order valence-electron chi connectivity index (χ3n) is 1.66. The molecular formula is C10H13NO. The fraction of sp³-hybridized carbons (Fsp3) is 0.300. The fourth-order valence-electron chi connectivity index (χ4n) is 1.10. The lowest BCUT2D eigenvalue weighted by Crippen LogP contribution is -1.95. The Morgan fingerprint density at radius 1 is 1.42 bits per heavy atom. The van der Waals surface area contributed by atoms with Crippen LogP contribution in [-0.4, -0.2) is 10.9 Å². The first-order chi connectivity index (χ1) is 5.65. The lowest BCUT2D eigenvalue weighted by molar-refractivity contribution is 0.111. The van der Waals surface area contributed by atoms with E-state index in [1.807, 2.05) is 43.7 Å². The van der Waals surface area contributed by atoms with Crippen molar-refractivity contribution in [3.05, 3.63) is 29.1 Å². The maximum absolute atomic E-state index is 10.6. The Kier molecular flexibility index (Phi) is 2.48. The second kappa shape index (κ2) is 3.39. The number of allylic oxidation sites excluding steroid dienone is 1. The normalized spacial score (nSPS) is 9.58. The molecule has 1 heterocycles. The quantitative estimate of drug-likeness (QED) is 0.614. The number of carbonyl (C=O) groups excluding carboxylic acids is 1. The summed E-state index contributed by atoms with van der Waals surface area (Å²) in [5, 5.41) is 0. The standard InChI is InChI=1S/C10H13NO/c1-8(2)6-11-9(3)4-5-10(11)7-12/h4-7H,1-3H3. The Hall–Kier alpha value is -1.31. The van der Waals surface area contributed by atoms with Crippen LogP contribution in [0.5, 0.6) is 0 Å². The van der Waals surface area contributed by atoms with Crippen molar-refractivity contribution in [2.45, 2.75) is 20.8 Å². The highest BCUT2D eigenvalue weighted by Gasteiger charge is 1.99. The van der Waals surface area contributed by atoms with Gasteiger partial charge >= 0.3 is 0 Å². The zero-order valence-corrected chi connectivity index (χ0v) is 7.66. The van der Waals surface area contributed by atoms with Gasteiger partial charge in [0.15, 0.2) is 6.29 Å². The van der Waals surface area contributed by atoms with Gasteiger partial charge in [0.2, 0.25) is 0 Å². The minimum absolute atomic E-state index is 0.703. The monoisotopic (exact) mass is 163 g/mol. The van der Waals surface area contributed by atoms with Crippen LogP contribution in [0.25, 0.3) is 6.20 Å². The van der Waals surface area contributed by atoms with E-state index in [2.05, 4.69) is 0 Å². The van der Waals surface area contributed by atoms with Gasteiger partial charge in [-0.05, 0) is 32.9 Å². The molecule has 64 valence electrons. The van der Waals surface area contributed by atoms with Crippen LogP contribution in [0.15, 0.2) is 17.7 Å². The van der Waals surface area contributed by atoms with E-state index in [1.165, 1.54) is 5.57 Å². The SMILES string of the molecule is CC(C)=Cn1c(C)ccc1C=O. The molecule has 1 aromatic rings. The van der Waals surface area contributed by atoms with Gasteiger partial charge in [0, 0.05) is 11.9 Å². The summed E-state index contributed by atoms with van der Waals surface area (Å²) >= 11 is 0. The second-order valence-corrected chi connectivity index (χ2v) is 3.09. The molecule has 0 unspecified atom stereocenters. The number of rotatable bonds is 2. The van der Waals surface area contributed by atoms with Crippen LogP contribution in [0.2, 0.25) is 0 Å². The van der Waals surface area contributed by atoms with E-state index < -0.39 is 0 Å². The zero-order valence-electron chi connectivity index (χ0n) is 7.66. The van der Waals surface area contributed by atoms with E-state index in [1.54, 1.807) is 0 Å². The van der Waals surface area contributed by atoms with Crippen LogP contribution in [0.3, 0.4) is 0 Å². The van der Waals surface area contributed by atoms with Crippen LogP contribution >= 0.6 is 0 Å². The van der Waals surface area contributed by atoms with Gasteiger partial charge in [-0.1, -0.05) is 5.57 Å². The molecule has 0 atom stereocenters. The summed E-state index contributed by atoms with van der Waals surface area (Å²) in [6, 6.07) is 3.75.